The molecule has 0 saturated carbocycles. The van der Waals surface area contributed by atoms with E-state index in [0.717, 1.165) is 0 Å². The molecule has 0 heterocycles. The van der Waals surface area contributed by atoms with Crippen LogP contribution in [-0.2, 0) is 0 Å². The van der Waals surface area contributed by atoms with Crippen molar-refractivity contribution in [3.8, 4) is 0 Å². The Kier molecular flexibility index (Phi) is 11100. The molecule has 0 saturated heterocycles. The first-order valence-corrected chi connectivity index (χ1v) is 33.8. The average molecular weight is 1260 g/mol. The molecular weight excluding hydrogens is 1010 g/mol. The fourth-order valence-corrected chi connectivity index (χ4v) is 0. The second-order valence-corrected chi connectivity index (χ2v) is 9.90. The summed E-state index contributed by atoms with van der Waals surface area (Å²) in [5.41, 5.74) is 0. The van der Waals surface area contributed by atoms with Gasteiger partial charge < -0.3 is 0 Å². The highest BCUT2D eigenvalue weighted by Crippen LogP contribution is 1.60. The molecule has 0 bridgehead atoms. The molecule has 0 nitrogen and oxygen atoms in total. The summed E-state index contributed by atoms with van der Waals surface area (Å²) >= 11 is 0. The highest BCUT2D eigenvalue weighted by atomic mass is 13.5. The van der Waals surface area contributed by atoms with E-state index in [9.17, 15) is 0 Å². The largest absolute Gasteiger partial charge is 0.0776 e. The van der Waals surface area contributed by atoms with Crippen LogP contribution in [0.2, 0.25) is 0 Å². The van der Waals surface area contributed by atoms with Crippen LogP contribution in [0.5, 0.6) is 0 Å². The summed E-state index contributed by atoms with van der Waals surface area (Å²) in [7, 11) is 0. The molecule has 0 aromatic heterocycles. The van der Waals surface area contributed by atoms with E-state index < -0.39 is 0 Å². The third-order valence-electron chi connectivity index (χ3n) is 0. The zero-order valence-electron chi connectivity index (χ0n) is 65.9. The topological polar surface area (TPSA) is 0 Å². The van der Waals surface area contributed by atoms with Gasteiger partial charge in [0.05, 0.1) is 0 Å². The van der Waals surface area contributed by atoms with Gasteiger partial charge in [0, 0.05) is 0 Å². The molecule has 0 atom stereocenters. The Morgan fingerprint density at radius 3 is 0.0714 bits per heavy atom. The van der Waals surface area contributed by atoms with Gasteiger partial charge in [-0.1, -0.05) is 582 Å². The lowest BCUT2D eigenvalue weighted by Gasteiger charge is -1.48. The molecule has 0 aliphatic carbocycles. The molecule has 0 spiro atoms. The smallest absolute Gasteiger partial charge is 0.0590 e. The van der Waals surface area contributed by atoms with E-state index in [4.69, 9.17) is 0 Å². The summed E-state index contributed by atoms with van der Waals surface area (Å²) < 4.78 is 0. The van der Waals surface area contributed by atoms with E-state index >= 15 is 0 Å². The second-order valence-electron chi connectivity index (χ2n) is 9.90. The Morgan fingerprint density at radius 2 is 0.0714 bits per heavy atom. The number of hydrogen-bond donors (Lipinski definition) is 0. The van der Waals surface area contributed by atoms with Crippen molar-refractivity contribution in [1.29, 1.82) is 0 Å². The molecule has 0 heteroatoms. The van der Waals surface area contributed by atoms with E-state index in [0.29, 0.717) is 0 Å². The van der Waals surface area contributed by atoms with Crippen LogP contribution in [0.15, 0.2) is 0 Å². The monoisotopic (exact) mass is 1260 g/mol. The van der Waals surface area contributed by atoms with Crippen LogP contribution >= 0.6 is 0 Å². The molecule has 0 amide bonds. The van der Waals surface area contributed by atoms with E-state index in [2.05, 4.69) is 194 Å². The molecule has 0 unspecified atom stereocenters. The summed E-state index contributed by atoms with van der Waals surface area (Å²) in [5.74, 6) is 0. The van der Waals surface area contributed by atoms with Crippen molar-refractivity contribution < 1.29 is 0 Å². The van der Waals surface area contributed by atoms with Crippen LogP contribution in [-0.4, -0.2) is 0 Å². The maximum absolute atomic E-state index is 2.12. The van der Waals surface area contributed by atoms with Gasteiger partial charge in [-0.15, -0.1) is 0 Å². The van der Waals surface area contributed by atoms with Crippen LogP contribution < -0.4 is 0 Å². The normalized spacial score (nSPS) is 4.00. The van der Waals surface area contributed by atoms with Gasteiger partial charge in [0.25, 0.3) is 0 Å². The minimum Gasteiger partial charge on any atom is -0.0776 e. The number of hydrogen-bond acceptors (Lipinski definition) is 0. The second kappa shape index (κ2) is 2850. The van der Waals surface area contributed by atoms with E-state index in [1.165, 1.54) is 89.9 Å². The van der Waals surface area contributed by atoms with Crippen molar-refractivity contribution >= 4 is 0 Å². The van der Waals surface area contributed by atoms with Crippen LogP contribution in [0, 0.1) is 0 Å². The lowest BCUT2D eigenvalue weighted by atomic mass is 10.6. The SMILES string of the molecule is C.C.C.C.C.C.C.C.C.C.C.C.C.C.CC.CC.CC.CC.CC.CC.CC.CC.CC.CC.CC.CC.CC.CC.CCC.CCC.CCC.CCC.CCC.CCC.CCC.CCC.CCC.CCC.CCC.CCC.CCC.CCC. The lowest BCUT2D eigenvalue weighted by Crippen LogP contribution is -1.27. The predicted molar refractivity (Wildman–Crippen MR) is 477 cm³/mol. The fourth-order valence-electron chi connectivity index (χ4n) is 0. The Morgan fingerprint density at radius 1 is 0.0714 bits per heavy atom. The summed E-state index contributed by atoms with van der Waals surface area (Å²) in [6, 6.07) is 0. The third-order valence-corrected chi connectivity index (χ3v) is 0. The third kappa shape index (κ3) is 0. The minimum atomic E-state index is 0. The summed E-state index contributed by atoms with van der Waals surface area (Å²) in [5, 5.41) is 0. The predicted octanol–water partition coefficient (Wildman–Crippen LogP) is 43.1. The molecule has 588 valence electrons. The zero-order valence-corrected chi connectivity index (χ0v) is 65.9. The van der Waals surface area contributed by atoms with Gasteiger partial charge >= 0.3 is 0 Å². The van der Waals surface area contributed by atoms with Gasteiger partial charge in [-0.05, 0) is 0 Å². The highest BCUT2D eigenvalue weighted by molar-refractivity contribution is 3.96. The van der Waals surface area contributed by atoms with Crippen molar-refractivity contribution in [3.05, 3.63) is 0 Å². The van der Waals surface area contributed by atoms with Crippen LogP contribution in [0.1, 0.15) is 582 Å². The first kappa shape index (κ1) is 328. The van der Waals surface area contributed by atoms with Gasteiger partial charge in [-0.3, -0.25) is 0 Å². The minimum absolute atomic E-state index is 0. The fraction of sp³-hybridized carbons (Fsp3) is 1.00. The zero-order chi connectivity index (χ0) is 65.9. The first-order chi connectivity index (χ1) is 33.8. The van der Waals surface area contributed by atoms with Crippen LogP contribution in [0.4, 0.5) is 0 Å². The van der Waals surface area contributed by atoms with Crippen LogP contribution in [0.3, 0.4) is 0 Å². The average Bonchev–Trinajstić information content (AvgIpc) is 3.41. The van der Waals surface area contributed by atoms with Gasteiger partial charge in [0.15, 0.2) is 0 Å². The Hall–Kier alpha value is 0. The standard InChI is InChI=1S/14C3H8.14C2H6.14CH4/c14*1-3-2;14*1-2;;;;;;;;;;;;;;/h14*3H2,1-2H3;14*1-2H3;14*1H4. The van der Waals surface area contributed by atoms with E-state index in [-0.39, 0.29) is 104 Å². The maximum atomic E-state index is 2.12. The summed E-state index contributed by atoms with van der Waals surface area (Å²) in [4.78, 5) is 0. The van der Waals surface area contributed by atoms with Crippen molar-refractivity contribution in [2.75, 3.05) is 0 Å². The maximum Gasteiger partial charge on any atom is -0.0590 e. The van der Waals surface area contributed by atoms with Crippen LogP contribution in [0.25, 0.3) is 0 Å². The molecule has 0 radical (unpaired) electrons. The van der Waals surface area contributed by atoms with Gasteiger partial charge in [-0.25, -0.2) is 0 Å². The molecule has 0 aliphatic rings. The van der Waals surface area contributed by atoms with Gasteiger partial charge in [0.2, 0.25) is 0 Å². The lowest BCUT2D eigenvalue weighted by molar-refractivity contribution is 1.09. The molecule has 84 heavy (non-hydrogen) atoms. The Balaban J connectivity index is -0.00000000542. The number of rotatable bonds is 0. The van der Waals surface area contributed by atoms with Gasteiger partial charge in [0.1, 0.15) is 0 Å². The molecule has 0 N–H and O–H groups in total. The quantitative estimate of drug-likeness (QED) is 0.227. The van der Waals surface area contributed by atoms with E-state index in [1.54, 1.807) is 0 Å². The summed E-state index contributed by atoms with van der Waals surface area (Å²) in [6.07, 6.45) is 17.5. The van der Waals surface area contributed by atoms with Crippen molar-refractivity contribution in [3.63, 3.8) is 0 Å². The van der Waals surface area contributed by atoms with Crippen molar-refractivity contribution in [1.82, 2.24) is 0 Å². The van der Waals surface area contributed by atoms with Crippen molar-refractivity contribution in [2.45, 2.75) is 582 Å². The Bertz CT molecular complexity index is 53.3. The van der Waals surface area contributed by atoms with Crippen molar-refractivity contribution in [2.24, 2.45) is 0 Å². The first-order valence-electron chi connectivity index (χ1n) is 33.8. The molecule has 0 rings (SSSR count). The molecule has 0 aromatic carbocycles. The summed E-state index contributed by atoms with van der Waals surface area (Å²) in [6.45, 7) is 116. The molecule has 0 fully saturated rings. The van der Waals surface area contributed by atoms with E-state index in [1.807, 2.05) is 194 Å². The Labute approximate surface area is 578 Å². The van der Waals surface area contributed by atoms with Gasteiger partial charge in [-0.2, -0.15) is 0 Å². The molecule has 0 aliphatic heterocycles. The molecule has 0 aromatic rings. The molecular formula is C84H252. The highest BCUT2D eigenvalue weighted by Gasteiger charge is 1.39.